The lowest BCUT2D eigenvalue weighted by molar-refractivity contribution is -0.233. The highest BCUT2D eigenvalue weighted by Gasteiger charge is 2.57. The molecule has 9 atom stereocenters. The lowest BCUT2D eigenvalue weighted by Crippen LogP contribution is -2.49. The second-order valence-corrected chi connectivity index (χ2v) is 6.07. The Morgan fingerprint density at radius 1 is 1.09 bits per heavy atom. The van der Waals surface area contributed by atoms with Crippen molar-refractivity contribution in [1.29, 1.82) is 0 Å². The maximum Gasteiger partial charge on any atom is 0.228 e. The first kappa shape index (κ1) is 16.9. The van der Waals surface area contributed by atoms with E-state index in [1.807, 2.05) is 0 Å². The van der Waals surface area contributed by atoms with Gasteiger partial charge in [0.2, 0.25) is 6.29 Å². The van der Waals surface area contributed by atoms with Crippen LogP contribution in [0.15, 0.2) is 12.0 Å². The summed E-state index contributed by atoms with van der Waals surface area (Å²) in [5.74, 6) is -0.538. The summed E-state index contributed by atoms with van der Waals surface area (Å²) in [6, 6.07) is -1.55. The Morgan fingerprint density at radius 2 is 1.78 bits per heavy atom. The van der Waals surface area contributed by atoms with Crippen LogP contribution in [0.3, 0.4) is 0 Å². The molecule has 3 rings (SSSR count). The average molecular weight is 335 g/mol. The summed E-state index contributed by atoms with van der Waals surface area (Å²) in [6.07, 6.45) is -8.08. The molecule has 10 nitrogen and oxygen atoms in total. The minimum Gasteiger partial charge on any atom is -0.506 e. The molecule has 3 aliphatic heterocycles. The Bertz CT molecular complexity index is 474. The molecular weight excluding hydrogens is 314 g/mol. The molecule has 132 valence electrons. The molecule has 2 fully saturated rings. The SMILES string of the molecule is OC[C@H]1[C@@H](O)[C@H](O)[C@H]2[C@@H](O)[C@@H](O[C@H]3OC=C(O)C(O)C3O)CN21. The molecule has 23 heavy (non-hydrogen) atoms. The van der Waals surface area contributed by atoms with E-state index in [0.29, 0.717) is 0 Å². The van der Waals surface area contributed by atoms with Crippen LogP contribution in [0.25, 0.3) is 0 Å². The monoisotopic (exact) mass is 335 g/mol. The summed E-state index contributed by atoms with van der Waals surface area (Å²) in [4.78, 5) is 1.55. The van der Waals surface area contributed by atoms with Crippen molar-refractivity contribution in [1.82, 2.24) is 4.90 Å². The minimum absolute atomic E-state index is 0.0869. The van der Waals surface area contributed by atoms with Crippen LogP contribution >= 0.6 is 0 Å². The summed E-state index contributed by atoms with van der Waals surface area (Å²) in [7, 11) is 0. The number of fused-ring (bicyclic) bond motifs is 1. The highest BCUT2D eigenvalue weighted by Crippen LogP contribution is 2.35. The Labute approximate surface area is 131 Å². The quantitative estimate of drug-likeness (QED) is 0.270. The van der Waals surface area contributed by atoms with Crippen LogP contribution < -0.4 is 0 Å². The summed E-state index contributed by atoms with van der Waals surface area (Å²) in [5.41, 5.74) is 0. The maximum atomic E-state index is 10.3. The lowest BCUT2D eigenvalue weighted by atomic mass is 10.0. The van der Waals surface area contributed by atoms with Gasteiger partial charge >= 0.3 is 0 Å². The molecular formula is C13H21NO9. The van der Waals surface area contributed by atoms with Crippen molar-refractivity contribution in [3.05, 3.63) is 12.0 Å². The van der Waals surface area contributed by atoms with Gasteiger partial charge in [0.25, 0.3) is 0 Å². The molecule has 2 unspecified atom stereocenters. The van der Waals surface area contributed by atoms with Gasteiger partial charge in [0, 0.05) is 6.54 Å². The third-order valence-electron chi connectivity index (χ3n) is 4.75. The largest absolute Gasteiger partial charge is 0.506 e. The average Bonchev–Trinajstić information content (AvgIpc) is 2.96. The van der Waals surface area contributed by atoms with Crippen molar-refractivity contribution in [3.8, 4) is 0 Å². The highest BCUT2D eigenvalue weighted by molar-refractivity contribution is 5.11. The predicted octanol–water partition coefficient (Wildman–Crippen LogP) is -4.01. The van der Waals surface area contributed by atoms with E-state index in [0.717, 1.165) is 6.26 Å². The van der Waals surface area contributed by atoms with Gasteiger partial charge in [-0.2, -0.15) is 0 Å². The first-order valence-electron chi connectivity index (χ1n) is 7.33. The fourth-order valence-corrected chi connectivity index (χ4v) is 3.47. The van der Waals surface area contributed by atoms with E-state index < -0.39 is 67.4 Å². The zero-order valence-corrected chi connectivity index (χ0v) is 12.1. The zero-order chi connectivity index (χ0) is 16.9. The molecule has 2 saturated heterocycles. The summed E-state index contributed by atoms with van der Waals surface area (Å²) in [6.45, 7) is -0.310. The van der Waals surface area contributed by atoms with Gasteiger partial charge in [0.1, 0.15) is 24.6 Å². The fourth-order valence-electron chi connectivity index (χ4n) is 3.47. The smallest absolute Gasteiger partial charge is 0.228 e. The first-order chi connectivity index (χ1) is 10.9. The van der Waals surface area contributed by atoms with Gasteiger partial charge < -0.3 is 45.2 Å². The zero-order valence-electron chi connectivity index (χ0n) is 12.1. The molecule has 3 aliphatic rings. The molecule has 0 saturated carbocycles. The summed E-state index contributed by atoms with van der Waals surface area (Å²) < 4.78 is 10.4. The van der Waals surface area contributed by atoms with Crippen LogP contribution in [0.5, 0.6) is 0 Å². The van der Waals surface area contributed by atoms with Gasteiger partial charge in [0.05, 0.1) is 37.0 Å². The number of hydrogen-bond acceptors (Lipinski definition) is 10. The van der Waals surface area contributed by atoms with E-state index in [9.17, 15) is 35.7 Å². The normalized spacial score (nSPS) is 50.5. The van der Waals surface area contributed by atoms with Crippen molar-refractivity contribution in [2.75, 3.05) is 13.2 Å². The molecule has 0 aliphatic carbocycles. The maximum absolute atomic E-state index is 10.3. The van der Waals surface area contributed by atoms with Crippen LogP contribution in [0.1, 0.15) is 0 Å². The number of nitrogens with zero attached hydrogens (tertiary/aromatic N) is 1. The van der Waals surface area contributed by atoms with Crippen molar-refractivity contribution >= 4 is 0 Å². The predicted molar refractivity (Wildman–Crippen MR) is 71.9 cm³/mol. The fraction of sp³-hybridized carbons (Fsp3) is 0.846. The van der Waals surface area contributed by atoms with Crippen molar-refractivity contribution in [3.63, 3.8) is 0 Å². The number of aliphatic hydroxyl groups excluding tert-OH is 7. The van der Waals surface area contributed by atoms with Gasteiger partial charge in [-0.3, -0.25) is 4.90 Å². The standard InChI is InChI=1S/C13H21NO9/c15-2-4-8(17)11(20)7-10(19)6(1-14(4)7)23-13-12(21)9(18)5(16)3-22-13/h3-4,6-13,15-21H,1-2H2/t4-,6-,7+,8+,9?,10-,11+,12?,13+/m0/s1. The van der Waals surface area contributed by atoms with Gasteiger partial charge in [-0.05, 0) is 0 Å². The number of rotatable bonds is 3. The molecule has 0 aromatic carbocycles. The van der Waals surface area contributed by atoms with Crippen molar-refractivity contribution in [2.24, 2.45) is 0 Å². The van der Waals surface area contributed by atoms with Crippen LogP contribution in [0, 0.1) is 0 Å². The second-order valence-electron chi connectivity index (χ2n) is 6.07. The van der Waals surface area contributed by atoms with E-state index in [1.165, 1.54) is 0 Å². The number of hydrogen-bond donors (Lipinski definition) is 7. The first-order valence-corrected chi connectivity index (χ1v) is 7.33. The molecule has 3 heterocycles. The Morgan fingerprint density at radius 3 is 2.43 bits per heavy atom. The molecule has 0 amide bonds. The lowest BCUT2D eigenvalue weighted by Gasteiger charge is -2.32. The molecule has 0 aromatic rings. The Hall–Kier alpha value is -0.980. The molecule has 10 heteroatoms. The molecule has 0 spiro atoms. The summed E-state index contributed by atoms with van der Waals surface area (Å²) in [5, 5.41) is 68.2. The molecule has 0 aromatic heterocycles. The van der Waals surface area contributed by atoms with E-state index >= 15 is 0 Å². The van der Waals surface area contributed by atoms with Gasteiger partial charge in [-0.1, -0.05) is 0 Å². The Kier molecular flexibility index (Phi) is 4.51. The van der Waals surface area contributed by atoms with Crippen LogP contribution in [0.2, 0.25) is 0 Å². The highest BCUT2D eigenvalue weighted by atomic mass is 16.7. The van der Waals surface area contributed by atoms with Crippen LogP contribution in [-0.2, 0) is 9.47 Å². The third kappa shape index (κ3) is 2.61. The number of ether oxygens (including phenoxy) is 2. The molecule has 0 bridgehead atoms. The van der Waals surface area contributed by atoms with E-state index in [1.54, 1.807) is 4.90 Å². The molecule has 7 N–H and O–H groups in total. The number of aliphatic hydroxyl groups is 7. The molecule has 0 radical (unpaired) electrons. The third-order valence-corrected chi connectivity index (χ3v) is 4.75. The van der Waals surface area contributed by atoms with E-state index in [2.05, 4.69) is 0 Å². The van der Waals surface area contributed by atoms with E-state index in [-0.39, 0.29) is 6.54 Å². The minimum atomic E-state index is -1.57. The van der Waals surface area contributed by atoms with Crippen LogP contribution in [0.4, 0.5) is 0 Å². The Balaban J connectivity index is 1.70. The van der Waals surface area contributed by atoms with Gasteiger partial charge in [-0.25, -0.2) is 0 Å². The van der Waals surface area contributed by atoms with Crippen LogP contribution in [-0.4, -0.2) is 109 Å². The van der Waals surface area contributed by atoms with Crippen molar-refractivity contribution in [2.45, 2.75) is 55.0 Å². The van der Waals surface area contributed by atoms with Crippen molar-refractivity contribution < 1.29 is 45.2 Å². The van der Waals surface area contributed by atoms with Gasteiger partial charge in [-0.15, -0.1) is 0 Å². The van der Waals surface area contributed by atoms with E-state index in [4.69, 9.17) is 9.47 Å². The van der Waals surface area contributed by atoms with Gasteiger partial charge in [0.15, 0.2) is 5.76 Å². The topological polar surface area (TPSA) is 163 Å². The summed E-state index contributed by atoms with van der Waals surface area (Å²) >= 11 is 0. The second kappa shape index (κ2) is 6.15.